The molecule has 0 aliphatic heterocycles. The van der Waals surface area contributed by atoms with Gasteiger partial charge in [0.15, 0.2) is 5.78 Å². The quantitative estimate of drug-likeness (QED) is 0.310. The molecule has 1 atom stereocenters. The van der Waals surface area contributed by atoms with Crippen molar-refractivity contribution < 1.29 is 14.3 Å². The number of carbonyl (C=O) groups is 2. The molecule has 0 aromatic heterocycles. The lowest BCUT2D eigenvalue weighted by Crippen LogP contribution is -2.17. The summed E-state index contributed by atoms with van der Waals surface area (Å²) in [6, 6.07) is 7.41. The molecule has 3 nitrogen and oxygen atoms in total. The number of hydrogen-bond acceptors (Lipinski definition) is 4. The Labute approximate surface area is 131 Å². The molecular weight excluding hydrogens is 284 g/mol. The summed E-state index contributed by atoms with van der Waals surface area (Å²) in [5, 5.41) is -0.242. The molecule has 0 spiro atoms. The number of unbranched alkanes of at least 4 members (excludes halogenated alkanes) is 1. The van der Waals surface area contributed by atoms with Gasteiger partial charge in [-0.05, 0) is 25.5 Å². The number of esters is 1. The minimum atomic E-state index is -0.242. The van der Waals surface area contributed by atoms with Gasteiger partial charge in [-0.1, -0.05) is 39.3 Å². The molecular formula is C17H24O3S. The minimum Gasteiger partial charge on any atom is -0.465 e. The van der Waals surface area contributed by atoms with Crippen LogP contribution in [-0.4, -0.2) is 23.6 Å². The summed E-state index contributed by atoms with van der Waals surface area (Å²) in [6.07, 6.45) is 1.91. The van der Waals surface area contributed by atoms with Crippen LogP contribution in [0.4, 0.5) is 0 Å². The first-order valence-electron chi connectivity index (χ1n) is 7.43. The Morgan fingerprint density at radius 3 is 2.29 bits per heavy atom. The summed E-state index contributed by atoms with van der Waals surface area (Å²) in [7, 11) is 0. The molecule has 1 rings (SSSR count). The van der Waals surface area contributed by atoms with E-state index in [1.54, 1.807) is 0 Å². The van der Waals surface area contributed by atoms with Crippen LogP contribution < -0.4 is 0 Å². The second-order valence-corrected chi connectivity index (χ2v) is 6.74. The lowest BCUT2D eigenvalue weighted by molar-refractivity contribution is -0.142. The molecule has 0 radical (unpaired) electrons. The fraction of sp³-hybridized carbons (Fsp3) is 0.529. The van der Waals surface area contributed by atoms with E-state index in [0.717, 1.165) is 17.7 Å². The fourth-order valence-electron chi connectivity index (χ4n) is 1.72. The zero-order valence-electron chi connectivity index (χ0n) is 13.2. The lowest BCUT2D eigenvalue weighted by Gasteiger charge is -2.11. The summed E-state index contributed by atoms with van der Waals surface area (Å²) in [5.74, 6) is -0.0506. The van der Waals surface area contributed by atoms with Crippen LogP contribution in [0.1, 0.15) is 50.9 Å². The van der Waals surface area contributed by atoms with Gasteiger partial charge in [0.25, 0.3) is 0 Å². The van der Waals surface area contributed by atoms with Crippen molar-refractivity contribution in [2.24, 2.45) is 5.92 Å². The van der Waals surface area contributed by atoms with E-state index in [0.29, 0.717) is 12.2 Å². The summed E-state index contributed by atoms with van der Waals surface area (Å²) in [5.41, 5.74) is 0.715. The Morgan fingerprint density at radius 1 is 1.14 bits per heavy atom. The first kappa shape index (κ1) is 17.8. The van der Waals surface area contributed by atoms with E-state index in [-0.39, 0.29) is 22.9 Å². The average Bonchev–Trinajstić information content (AvgIpc) is 2.47. The Balaban J connectivity index is 2.55. The molecule has 21 heavy (non-hydrogen) atoms. The molecule has 0 amide bonds. The van der Waals surface area contributed by atoms with Gasteiger partial charge in [-0.15, -0.1) is 11.8 Å². The Morgan fingerprint density at radius 2 is 1.76 bits per heavy atom. The van der Waals surface area contributed by atoms with Gasteiger partial charge in [-0.3, -0.25) is 9.59 Å². The summed E-state index contributed by atoms with van der Waals surface area (Å²) < 4.78 is 5.20. The molecule has 0 bridgehead atoms. The molecule has 0 saturated carbocycles. The highest BCUT2D eigenvalue weighted by Gasteiger charge is 2.16. The number of ketones is 1. The van der Waals surface area contributed by atoms with E-state index in [4.69, 9.17) is 4.74 Å². The molecule has 0 fully saturated rings. The molecule has 1 aromatic carbocycles. The number of Topliss-reactive ketones (excluding diaryl/α,β-unsaturated/α-hetero) is 1. The predicted molar refractivity (Wildman–Crippen MR) is 86.8 cm³/mol. The van der Waals surface area contributed by atoms with Crippen LogP contribution in [0.5, 0.6) is 0 Å². The maximum absolute atomic E-state index is 11.9. The van der Waals surface area contributed by atoms with Crippen LogP contribution in [0.25, 0.3) is 0 Å². The number of carbonyl (C=O) groups excluding carboxylic acids is 2. The molecule has 4 heteroatoms. The second kappa shape index (κ2) is 8.88. The molecule has 0 N–H and O–H groups in total. The molecule has 116 valence electrons. The maximum atomic E-state index is 11.9. The summed E-state index contributed by atoms with van der Waals surface area (Å²) in [4.78, 5) is 24.6. The molecule has 1 aromatic rings. The van der Waals surface area contributed by atoms with Crippen LogP contribution in [0.15, 0.2) is 29.2 Å². The van der Waals surface area contributed by atoms with Crippen LogP contribution in [0.3, 0.4) is 0 Å². The Hall–Kier alpha value is -1.29. The number of ether oxygens (including phenoxy) is 1. The largest absolute Gasteiger partial charge is 0.465 e. The second-order valence-electron chi connectivity index (χ2n) is 5.32. The predicted octanol–water partition coefficient (Wildman–Crippen LogP) is 4.35. The van der Waals surface area contributed by atoms with Gasteiger partial charge in [0, 0.05) is 16.4 Å². The Kier molecular flexibility index (Phi) is 7.51. The van der Waals surface area contributed by atoms with Crippen molar-refractivity contribution in [3.05, 3.63) is 29.8 Å². The van der Waals surface area contributed by atoms with E-state index < -0.39 is 0 Å². The van der Waals surface area contributed by atoms with Crippen molar-refractivity contribution in [2.45, 2.75) is 50.7 Å². The van der Waals surface area contributed by atoms with Crippen molar-refractivity contribution in [2.75, 3.05) is 6.61 Å². The van der Waals surface area contributed by atoms with Crippen LogP contribution in [0.2, 0.25) is 0 Å². The standard InChI is InChI=1S/C17H24O3S/c1-5-6-11-20-17(19)13(4)21-15-9-7-14(8-10-15)16(18)12(2)3/h7-10,12-13H,5-6,11H2,1-4H3. The normalized spacial score (nSPS) is 12.2. The van der Waals surface area contributed by atoms with E-state index in [1.165, 1.54) is 11.8 Å². The third-order valence-corrected chi connectivity index (χ3v) is 4.14. The van der Waals surface area contributed by atoms with Crippen LogP contribution in [-0.2, 0) is 9.53 Å². The monoisotopic (exact) mass is 308 g/mol. The van der Waals surface area contributed by atoms with Crippen molar-refractivity contribution in [1.29, 1.82) is 0 Å². The van der Waals surface area contributed by atoms with Crippen molar-refractivity contribution in [1.82, 2.24) is 0 Å². The smallest absolute Gasteiger partial charge is 0.319 e. The molecule has 0 aliphatic carbocycles. The molecule has 0 aliphatic rings. The van der Waals surface area contributed by atoms with E-state index in [1.807, 2.05) is 45.0 Å². The molecule has 0 saturated heterocycles. The van der Waals surface area contributed by atoms with Gasteiger partial charge >= 0.3 is 5.97 Å². The van der Waals surface area contributed by atoms with Gasteiger partial charge < -0.3 is 4.74 Å². The summed E-state index contributed by atoms with van der Waals surface area (Å²) >= 11 is 1.45. The minimum absolute atomic E-state index is 0.00373. The lowest BCUT2D eigenvalue weighted by atomic mass is 10.0. The van der Waals surface area contributed by atoms with Crippen LogP contribution in [0, 0.1) is 5.92 Å². The zero-order valence-corrected chi connectivity index (χ0v) is 14.0. The first-order valence-corrected chi connectivity index (χ1v) is 8.31. The van der Waals surface area contributed by atoms with Crippen LogP contribution >= 0.6 is 11.8 Å². The number of rotatable bonds is 8. The zero-order chi connectivity index (χ0) is 15.8. The van der Waals surface area contributed by atoms with Crippen molar-refractivity contribution in [3.8, 4) is 0 Å². The Bertz CT molecular complexity index is 465. The van der Waals surface area contributed by atoms with Gasteiger partial charge in [0.05, 0.1) is 6.61 Å². The SMILES string of the molecule is CCCCOC(=O)C(C)Sc1ccc(C(=O)C(C)C)cc1. The van der Waals surface area contributed by atoms with Gasteiger partial charge in [-0.25, -0.2) is 0 Å². The highest BCUT2D eigenvalue weighted by Crippen LogP contribution is 2.25. The van der Waals surface area contributed by atoms with Crippen molar-refractivity contribution in [3.63, 3.8) is 0 Å². The van der Waals surface area contributed by atoms with Gasteiger partial charge in [-0.2, -0.15) is 0 Å². The highest BCUT2D eigenvalue weighted by molar-refractivity contribution is 8.00. The van der Waals surface area contributed by atoms with E-state index in [2.05, 4.69) is 6.92 Å². The molecule has 1 unspecified atom stereocenters. The van der Waals surface area contributed by atoms with Gasteiger partial charge in [0.2, 0.25) is 0 Å². The van der Waals surface area contributed by atoms with Gasteiger partial charge in [0.1, 0.15) is 5.25 Å². The maximum Gasteiger partial charge on any atom is 0.319 e. The third kappa shape index (κ3) is 5.92. The third-order valence-electron chi connectivity index (χ3n) is 3.05. The fourth-order valence-corrected chi connectivity index (χ4v) is 2.58. The number of thioether (sulfide) groups is 1. The topological polar surface area (TPSA) is 43.4 Å². The van der Waals surface area contributed by atoms with E-state index in [9.17, 15) is 9.59 Å². The molecule has 0 heterocycles. The van der Waals surface area contributed by atoms with E-state index >= 15 is 0 Å². The highest BCUT2D eigenvalue weighted by atomic mass is 32.2. The number of hydrogen-bond donors (Lipinski definition) is 0. The van der Waals surface area contributed by atoms with Crippen molar-refractivity contribution >= 4 is 23.5 Å². The summed E-state index contributed by atoms with van der Waals surface area (Å²) in [6.45, 7) is 8.17. The first-order chi connectivity index (χ1) is 9.95. The average molecular weight is 308 g/mol. The number of benzene rings is 1.